The van der Waals surface area contributed by atoms with Crippen molar-refractivity contribution in [1.82, 2.24) is 0 Å². The molecule has 1 heteroatoms. The van der Waals surface area contributed by atoms with Crippen molar-refractivity contribution in [1.29, 1.82) is 0 Å². The van der Waals surface area contributed by atoms with Crippen LogP contribution in [-0.2, 0) is 11.2 Å². The second-order valence-corrected chi connectivity index (χ2v) is 4.25. The van der Waals surface area contributed by atoms with Crippen LogP contribution < -0.4 is 0 Å². The summed E-state index contributed by atoms with van der Waals surface area (Å²) in [5.41, 5.74) is 4.69. The first-order chi connectivity index (χ1) is 8.33. The van der Waals surface area contributed by atoms with E-state index in [1.807, 2.05) is 12.1 Å². The Morgan fingerprint density at radius 1 is 1.29 bits per heavy atom. The summed E-state index contributed by atoms with van der Waals surface area (Å²) in [4.78, 5) is 10.9. The minimum Gasteiger partial charge on any atom is -0.298 e. The number of fused-ring (bicyclic) bond motifs is 1. The zero-order valence-electron chi connectivity index (χ0n) is 9.86. The summed E-state index contributed by atoms with van der Waals surface area (Å²) in [5, 5.41) is 0. The van der Waals surface area contributed by atoms with Crippen molar-refractivity contribution < 1.29 is 4.79 Å². The highest BCUT2D eigenvalue weighted by Crippen LogP contribution is 2.25. The van der Waals surface area contributed by atoms with Crippen LogP contribution in [0, 0.1) is 0 Å². The van der Waals surface area contributed by atoms with Crippen LogP contribution in [0.5, 0.6) is 0 Å². The van der Waals surface area contributed by atoms with Crippen molar-refractivity contribution in [2.75, 3.05) is 0 Å². The van der Waals surface area contributed by atoms with Crippen LogP contribution in [0.1, 0.15) is 24.0 Å². The molecule has 0 saturated heterocycles. The van der Waals surface area contributed by atoms with Crippen LogP contribution in [0.15, 0.2) is 54.1 Å². The number of carbonyl (C=O) groups excluding carboxylic acids is 1. The Morgan fingerprint density at radius 3 is 2.88 bits per heavy atom. The van der Waals surface area contributed by atoms with Gasteiger partial charge in [-0.1, -0.05) is 42.5 Å². The standard InChI is InChI=1S/C16H16O/c1-2-5-14(12-17)10-13-8-9-15-6-3-4-7-16(15)11-13/h2-4,6-7,10-12H,1,5,8-9H2. The van der Waals surface area contributed by atoms with Gasteiger partial charge in [0.1, 0.15) is 6.29 Å². The van der Waals surface area contributed by atoms with Crippen LogP contribution in [0.3, 0.4) is 0 Å². The molecule has 2 rings (SSSR count). The lowest BCUT2D eigenvalue weighted by molar-refractivity contribution is -0.105. The fraction of sp³-hybridized carbons (Fsp3) is 0.188. The van der Waals surface area contributed by atoms with Gasteiger partial charge in [0, 0.05) is 0 Å². The summed E-state index contributed by atoms with van der Waals surface area (Å²) < 4.78 is 0. The number of aryl methyl sites for hydroxylation is 1. The van der Waals surface area contributed by atoms with E-state index in [-0.39, 0.29) is 0 Å². The largest absolute Gasteiger partial charge is 0.298 e. The number of hydrogen-bond donors (Lipinski definition) is 0. The highest BCUT2D eigenvalue weighted by molar-refractivity contribution is 5.76. The fourth-order valence-corrected chi connectivity index (χ4v) is 2.11. The molecule has 0 unspecified atom stereocenters. The lowest BCUT2D eigenvalue weighted by Gasteiger charge is -2.14. The van der Waals surface area contributed by atoms with Gasteiger partial charge < -0.3 is 0 Å². The molecule has 1 nitrogen and oxygen atoms in total. The molecule has 0 amide bonds. The van der Waals surface area contributed by atoms with Crippen molar-refractivity contribution in [3.05, 3.63) is 65.3 Å². The monoisotopic (exact) mass is 224 g/mol. The molecule has 1 aromatic rings. The molecule has 1 aliphatic carbocycles. The predicted octanol–water partition coefficient (Wildman–Crippen LogP) is 3.72. The molecule has 0 aromatic heterocycles. The van der Waals surface area contributed by atoms with Crippen LogP contribution in [0.2, 0.25) is 0 Å². The van der Waals surface area contributed by atoms with Crippen molar-refractivity contribution in [3.8, 4) is 0 Å². The van der Waals surface area contributed by atoms with Crippen molar-refractivity contribution in [3.63, 3.8) is 0 Å². The van der Waals surface area contributed by atoms with E-state index in [1.165, 1.54) is 16.7 Å². The third kappa shape index (κ3) is 2.82. The third-order valence-electron chi connectivity index (χ3n) is 2.98. The molecule has 0 heterocycles. The topological polar surface area (TPSA) is 17.1 Å². The Bertz CT molecular complexity index is 492. The minimum absolute atomic E-state index is 0.641. The lowest BCUT2D eigenvalue weighted by Crippen LogP contribution is -1.98. The van der Waals surface area contributed by atoms with Gasteiger partial charge in [0.05, 0.1) is 0 Å². The smallest absolute Gasteiger partial charge is 0.146 e. The first-order valence-corrected chi connectivity index (χ1v) is 5.88. The van der Waals surface area contributed by atoms with Crippen molar-refractivity contribution in [2.24, 2.45) is 0 Å². The second kappa shape index (κ2) is 5.44. The molecule has 1 aromatic carbocycles. The molecule has 0 radical (unpaired) electrons. The molecule has 0 spiro atoms. The van der Waals surface area contributed by atoms with E-state index in [4.69, 9.17) is 0 Å². The Hall–Kier alpha value is -1.89. The highest BCUT2D eigenvalue weighted by Gasteiger charge is 2.08. The van der Waals surface area contributed by atoms with Gasteiger partial charge in [0.25, 0.3) is 0 Å². The first kappa shape index (κ1) is 11.6. The molecule has 1 aliphatic rings. The maximum Gasteiger partial charge on any atom is 0.146 e. The van der Waals surface area contributed by atoms with Crippen molar-refractivity contribution in [2.45, 2.75) is 19.3 Å². The fourth-order valence-electron chi connectivity index (χ4n) is 2.11. The maximum absolute atomic E-state index is 10.9. The van der Waals surface area contributed by atoms with E-state index in [2.05, 4.69) is 30.9 Å². The summed E-state index contributed by atoms with van der Waals surface area (Å²) in [6, 6.07) is 8.40. The molecule has 0 fully saturated rings. The van der Waals surface area contributed by atoms with E-state index in [0.29, 0.717) is 6.42 Å². The normalized spacial score (nSPS) is 14.8. The van der Waals surface area contributed by atoms with Crippen LogP contribution in [-0.4, -0.2) is 6.29 Å². The van der Waals surface area contributed by atoms with E-state index >= 15 is 0 Å². The Kier molecular flexibility index (Phi) is 3.71. The number of benzene rings is 1. The molecule has 17 heavy (non-hydrogen) atoms. The zero-order chi connectivity index (χ0) is 12.1. The molecule has 0 saturated carbocycles. The molecular formula is C16H16O. The van der Waals surface area contributed by atoms with Gasteiger partial charge in [-0.3, -0.25) is 4.79 Å². The molecule has 0 bridgehead atoms. The average molecular weight is 224 g/mol. The third-order valence-corrected chi connectivity index (χ3v) is 2.98. The van der Waals surface area contributed by atoms with E-state index in [1.54, 1.807) is 6.08 Å². The van der Waals surface area contributed by atoms with Crippen LogP contribution in [0.25, 0.3) is 6.08 Å². The Morgan fingerprint density at radius 2 is 2.12 bits per heavy atom. The van der Waals surface area contributed by atoms with E-state index in [9.17, 15) is 4.79 Å². The quantitative estimate of drug-likeness (QED) is 0.433. The summed E-state index contributed by atoms with van der Waals surface area (Å²) >= 11 is 0. The molecule has 0 atom stereocenters. The number of allylic oxidation sites excluding steroid dienone is 4. The summed E-state index contributed by atoms with van der Waals surface area (Å²) in [5.74, 6) is 0. The van der Waals surface area contributed by atoms with Gasteiger partial charge in [-0.15, -0.1) is 6.58 Å². The first-order valence-electron chi connectivity index (χ1n) is 5.88. The Balaban J connectivity index is 2.28. The highest BCUT2D eigenvalue weighted by atomic mass is 16.1. The summed E-state index contributed by atoms with van der Waals surface area (Å²) in [7, 11) is 0. The predicted molar refractivity (Wildman–Crippen MR) is 71.7 cm³/mol. The van der Waals surface area contributed by atoms with Gasteiger partial charge >= 0.3 is 0 Å². The number of rotatable bonds is 4. The van der Waals surface area contributed by atoms with Crippen LogP contribution >= 0.6 is 0 Å². The molecule has 0 aliphatic heterocycles. The van der Waals surface area contributed by atoms with Crippen LogP contribution in [0.4, 0.5) is 0 Å². The molecule has 86 valence electrons. The van der Waals surface area contributed by atoms with Crippen molar-refractivity contribution >= 4 is 12.4 Å². The van der Waals surface area contributed by atoms with E-state index < -0.39 is 0 Å². The average Bonchev–Trinajstić information content (AvgIpc) is 2.38. The molecule has 0 N–H and O–H groups in total. The summed E-state index contributed by atoms with van der Waals surface area (Å²) in [6.07, 6.45) is 9.54. The lowest BCUT2D eigenvalue weighted by atomic mass is 9.91. The van der Waals surface area contributed by atoms with Gasteiger partial charge in [-0.25, -0.2) is 0 Å². The summed E-state index contributed by atoms with van der Waals surface area (Å²) in [6.45, 7) is 3.66. The minimum atomic E-state index is 0.641. The number of hydrogen-bond acceptors (Lipinski definition) is 1. The zero-order valence-corrected chi connectivity index (χ0v) is 9.86. The Labute approximate surface area is 102 Å². The number of aldehydes is 1. The van der Waals surface area contributed by atoms with E-state index in [0.717, 1.165) is 24.7 Å². The van der Waals surface area contributed by atoms with Gasteiger partial charge in [0.15, 0.2) is 0 Å². The number of carbonyl (C=O) groups is 1. The maximum atomic E-state index is 10.9. The SMILES string of the molecule is C=CCC(C=O)=CC1=Cc2ccccc2CC1. The molecular weight excluding hydrogens is 208 g/mol. The van der Waals surface area contributed by atoms with Gasteiger partial charge in [-0.2, -0.15) is 0 Å². The van der Waals surface area contributed by atoms with Gasteiger partial charge in [-0.05, 0) is 41.5 Å². The second-order valence-electron chi connectivity index (χ2n) is 4.25. The van der Waals surface area contributed by atoms with Gasteiger partial charge in [0.2, 0.25) is 0 Å².